The molecule has 1 aromatic carbocycles. The number of alkyl halides is 3. The molecule has 0 radical (unpaired) electrons. The second-order valence-electron chi connectivity index (χ2n) is 6.97. The summed E-state index contributed by atoms with van der Waals surface area (Å²) in [4.78, 5) is 13.8. The number of aliphatic hydroxyl groups is 1. The van der Waals surface area contributed by atoms with Crippen molar-refractivity contribution in [3.8, 4) is 0 Å². The first kappa shape index (κ1) is 18.7. The fourth-order valence-electron chi connectivity index (χ4n) is 2.66. The number of hydrogen-bond acceptors (Lipinski definition) is 3. The predicted octanol–water partition coefficient (Wildman–Crippen LogP) is 3.15. The molecule has 1 heterocycles. The van der Waals surface area contributed by atoms with Crippen molar-refractivity contribution in [2.24, 2.45) is 0 Å². The summed E-state index contributed by atoms with van der Waals surface area (Å²) in [6, 6.07) is 4.26. The van der Waals surface area contributed by atoms with Crippen LogP contribution in [0.1, 0.15) is 44.4 Å². The van der Waals surface area contributed by atoms with Crippen molar-refractivity contribution >= 4 is 5.91 Å². The molecule has 0 aromatic heterocycles. The topological polar surface area (TPSA) is 49.8 Å². The third-order valence-corrected chi connectivity index (χ3v) is 3.85. The minimum Gasteiger partial charge on any atom is -0.391 e. The first-order valence-electron chi connectivity index (χ1n) is 7.76. The molecule has 1 fully saturated rings. The summed E-state index contributed by atoms with van der Waals surface area (Å²) < 4.78 is 43.4. The van der Waals surface area contributed by atoms with Gasteiger partial charge in [-0.05, 0) is 44.9 Å². The lowest BCUT2D eigenvalue weighted by Crippen LogP contribution is -2.37. The second-order valence-corrected chi connectivity index (χ2v) is 6.97. The van der Waals surface area contributed by atoms with E-state index in [4.69, 9.17) is 4.74 Å². The van der Waals surface area contributed by atoms with Gasteiger partial charge in [0.15, 0.2) is 0 Å². The number of amides is 1. The first-order chi connectivity index (χ1) is 11.0. The molecule has 2 unspecified atom stereocenters. The Hall–Kier alpha value is -1.60. The number of ether oxygens (including phenoxy) is 1. The van der Waals surface area contributed by atoms with Crippen LogP contribution in [0.15, 0.2) is 24.3 Å². The van der Waals surface area contributed by atoms with Crippen molar-refractivity contribution in [3.05, 3.63) is 35.4 Å². The Morgan fingerprint density at radius 1 is 1.25 bits per heavy atom. The zero-order valence-corrected chi connectivity index (χ0v) is 13.9. The van der Waals surface area contributed by atoms with E-state index in [9.17, 15) is 23.1 Å². The number of likely N-dealkylation sites (tertiary alicyclic amines) is 1. The molecular formula is C17H22F3NO3. The predicted molar refractivity (Wildman–Crippen MR) is 82.2 cm³/mol. The molecule has 24 heavy (non-hydrogen) atoms. The average molecular weight is 345 g/mol. The van der Waals surface area contributed by atoms with E-state index >= 15 is 0 Å². The normalized spacial score (nSPS) is 22.0. The Kier molecular flexibility index (Phi) is 5.25. The van der Waals surface area contributed by atoms with Gasteiger partial charge in [0.25, 0.3) is 0 Å². The van der Waals surface area contributed by atoms with Crippen molar-refractivity contribution in [1.29, 1.82) is 0 Å². The molecule has 1 aliphatic rings. The molecule has 0 aliphatic carbocycles. The molecule has 1 N–H and O–H groups in total. The van der Waals surface area contributed by atoms with E-state index < -0.39 is 29.5 Å². The molecule has 2 rings (SSSR count). The van der Waals surface area contributed by atoms with Gasteiger partial charge in [-0.3, -0.25) is 4.79 Å². The highest BCUT2D eigenvalue weighted by Gasteiger charge is 2.36. The smallest absolute Gasteiger partial charge is 0.391 e. The largest absolute Gasteiger partial charge is 0.416 e. The Morgan fingerprint density at radius 2 is 1.83 bits per heavy atom. The van der Waals surface area contributed by atoms with Gasteiger partial charge in [0.05, 0.1) is 23.3 Å². The summed E-state index contributed by atoms with van der Waals surface area (Å²) >= 11 is 0. The fraction of sp³-hybridized carbons (Fsp3) is 0.588. The van der Waals surface area contributed by atoms with E-state index in [0.29, 0.717) is 12.0 Å². The average Bonchev–Trinajstić information content (AvgIpc) is 2.85. The van der Waals surface area contributed by atoms with E-state index in [0.717, 1.165) is 12.1 Å². The quantitative estimate of drug-likeness (QED) is 0.916. The number of hydrogen-bond donors (Lipinski definition) is 1. The molecule has 4 nitrogen and oxygen atoms in total. The van der Waals surface area contributed by atoms with Crippen LogP contribution >= 0.6 is 0 Å². The Morgan fingerprint density at radius 3 is 2.33 bits per heavy atom. The Balaban J connectivity index is 2.14. The lowest BCUT2D eigenvalue weighted by molar-refractivity contribution is -0.142. The molecule has 0 spiro atoms. The van der Waals surface area contributed by atoms with Crippen LogP contribution in [0.3, 0.4) is 0 Å². The van der Waals surface area contributed by atoms with Gasteiger partial charge in [-0.25, -0.2) is 0 Å². The van der Waals surface area contributed by atoms with Gasteiger partial charge >= 0.3 is 6.18 Å². The minimum absolute atomic E-state index is 0.132. The lowest BCUT2D eigenvalue weighted by Gasteiger charge is -2.27. The maximum Gasteiger partial charge on any atom is 0.416 e. The third-order valence-electron chi connectivity index (χ3n) is 3.85. The molecule has 2 atom stereocenters. The number of aliphatic hydroxyl groups excluding tert-OH is 1. The van der Waals surface area contributed by atoms with Crippen LogP contribution in [0.5, 0.6) is 0 Å². The van der Waals surface area contributed by atoms with Crippen molar-refractivity contribution in [2.75, 3.05) is 13.2 Å². The van der Waals surface area contributed by atoms with E-state index in [1.54, 1.807) is 0 Å². The maximum atomic E-state index is 12.7. The monoisotopic (exact) mass is 345 g/mol. The molecule has 0 bridgehead atoms. The summed E-state index contributed by atoms with van der Waals surface area (Å²) in [6.45, 7) is 5.50. The first-order valence-corrected chi connectivity index (χ1v) is 7.76. The summed E-state index contributed by atoms with van der Waals surface area (Å²) in [5.41, 5.74) is -0.639. The number of benzene rings is 1. The minimum atomic E-state index is -4.40. The summed E-state index contributed by atoms with van der Waals surface area (Å²) in [5, 5.41) is 9.88. The summed E-state index contributed by atoms with van der Waals surface area (Å²) in [5.74, 6) is -0.286. The van der Waals surface area contributed by atoms with E-state index in [2.05, 4.69) is 0 Å². The van der Waals surface area contributed by atoms with Crippen LogP contribution in [-0.2, 0) is 15.7 Å². The zero-order valence-electron chi connectivity index (χ0n) is 13.9. The Bertz CT molecular complexity index is 578. The number of nitrogens with zero attached hydrogens (tertiary/aromatic N) is 1. The third kappa shape index (κ3) is 4.70. The number of rotatable bonds is 3. The number of β-amino-alcohol motifs (C(OH)–C–C–N with tert-alkyl or cyclic N) is 1. The zero-order chi connectivity index (χ0) is 18.1. The molecule has 134 valence electrons. The molecular weight excluding hydrogens is 323 g/mol. The van der Waals surface area contributed by atoms with E-state index in [-0.39, 0.29) is 19.1 Å². The number of halogens is 3. The molecule has 1 aromatic rings. The Labute approximate surface area is 139 Å². The van der Waals surface area contributed by atoms with Gasteiger partial charge in [0, 0.05) is 6.54 Å². The van der Waals surface area contributed by atoms with E-state index in [1.807, 2.05) is 20.8 Å². The van der Waals surface area contributed by atoms with Crippen LogP contribution < -0.4 is 0 Å². The van der Waals surface area contributed by atoms with Crippen LogP contribution in [-0.4, -0.2) is 40.8 Å². The van der Waals surface area contributed by atoms with Crippen LogP contribution in [0, 0.1) is 0 Å². The van der Waals surface area contributed by atoms with Gasteiger partial charge in [-0.15, -0.1) is 0 Å². The highest BCUT2D eigenvalue weighted by molar-refractivity contribution is 5.78. The molecule has 1 saturated heterocycles. The SMILES string of the molecule is CC(C)(C)OCC(=O)N1CC(O)CC1c1ccc(C(F)(F)F)cc1. The summed E-state index contributed by atoms with van der Waals surface area (Å²) in [7, 11) is 0. The molecule has 1 amide bonds. The molecule has 0 saturated carbocycles. The molecule has 7 heteroatoms. The number of carbonyl (C=O) groups excluding carboxylic acids is 1. The van der Waals surface area contributed by atoms with Crippen LogP contribution in [0.4, 0.5) is 13.2 Å². The highest BCUT2D eigenvalue weighted by atomic mass is 19.4. The fourth-order valence-corrected chi connectivity index (χ4v) is 2.66. The van der Waals surface area contributed by atoms with Gasteiger partial charge in [0.2, 0.25) is 5.91 Å². The number of carbonyl (C=O) groups is 1. The van der Waals surface area contributed by atoms with Gasteiger partial charge in [0.1, 0.15) is 6.61 Å². The van der Waals surface area contributed by atoms with Crippen LogP contribution in [0.2, 0.25) is 0 Å². The van der Waals surface area contributed by atoms with Crippen LogP contribution in [0.25, 0.3) is 0 Å². The van der Waals surface area contributed by atoms with Gasteiger partial charge < -0.3 is 14.7 Å². The van der Waals surface area contributed by atoms with Crippen molar-refractivity contribution in [1.82, 2.24) is 4.90 Å². The molecule has 1 aliphatic heterocycles. The van der Waals surface area contributed by atoms with E-state index in [1.165, 1.54) is 17.0 Å². The highest BCUT2D eigenvalue weighted by Crippen LogP contribution is 2.35. The van der Waals surface area contributed by atoms with Crippen molar-refractivity contribution in [3.63, 3.8) is 0 Å². The van der Waals surface area contributed by atoms with Gasteiger partial charge in [-0.2, -0.15) is 13.2 Å². The maximum absolute atomic E-state index is 12.7. The second kappa shape index (κ2) is 6.72. The standard InChI is InChI=1S/C17H22F3NO3/c1-16(2,3)24-10-15(23)21-9-13(22)8-14(21)11-4-6-12(7-5-11)17(18,19)20/h4-7,13-14,22H,8-10H2,1-3H3. The van der Waals surface area contributed by atoms with Crippen molar-refractivity contribution in [2.45, 2.75) is 51.1 Å². The van der Waals surface area contributed by atoms with Crippen molar-refractivity contribution < 1.29 is 27.8 Å². The lowest BCUT2D eigenvalue weighted by atomic mass is 10.0. The summed E-state index contributed by atoms with van der Waals surface area (Å²) in [6.07, 6.45) is -4.80. The van der Waals surface area contributed by atoms with Gasteiger partial charge in [-0.1, -0.05) is 12.1 Å².